The quantitative estimate of drug-likeness (QED) is 0.225. The molecule has 23 heavy (non-hydrogen) atoms. The number of unbranched alkanes of at least 4 members (excludes halogenated alkanes) is 1. The number of hydrogen-bond donors (Lipinski definition) is 2. The van der Waals surface area contributed by atoms with Gasteiger partial charge in [0, 0.05) is 39.1 Å². The molecule has 0 atom stereocenters. The Morgan fingerprint density at radius 2 is 1.74 bits per heavy atom. The number of nitrogens with one attached hydrogen (secondary N) is 2. The van der Waals surface area contributed by atoms with Gasteiger partial charge in [0.25, 0.3) is 0 Å². The van der Waals surface area contributed by atoms with Crippen LogP contribution in [-0.2, 0) is 4.79 Å². The summed E-state index contributed by atoms with van der Waals surface area (Å²) >= 11 is 0. The molecule has 0 spiro atoms. The van der Waals surface area contributed by atoms with E-state index in [1.165, 1.54) is 12.8 Å². The summed E-state index contributed by atoms with van der Waals surface area (Å²) in [6, 6.07) is 0. The molecule has 5 nitrogen and oxygen atoms in total. The number of carbonyl (C=O) groups is 1. The van der Waals surface area contributed by atoms with Crippen LogP contribution in [0, 0.1) is 5.92 Å². The predicted molar refractivity (Wildman–Crippen MR) is 111 cm³/mol. The molecule has 0 fully saturated rings. The van der Waals surface area contributed by atoms with Gasteiger partial charge >= 0.3 is 0 Å². The van der Waals surface area contributed by atoms with Crippen LogP contribution in [0.2, 0.25) is 0 Å². The lowest BCUT2D eigenvalue weighted by Gasteiger charge is -2.19. The van der Waals surface area contributed by atoms with Crippen molar-refractivity contribution in [3.05, 3.63) is 0 Å². The first kappa shape index (κ1) is 24.7. The number of aliphatic imine (C=N–C) groups is 1. The van der Waals surface area contributed by atoms with E-state index in [2.05, 4.69) is 36.4 Å². The van der Waals surface area contributed by atoms with Gasteiger partial charge in [-0.3, -0.25) is 9.79 Å². The first-order valence-corrected chi connectivity index (χ1v) is 8.84. The smallest absolute Gasteiger partial charge is 0.224 e. The van der Waals surface area contributed by atoms with Gasteiger partial charge in [-0.15, -0.1) is 24.0 Å². The fourth-order valence-corrected chi connectivity index (χ4v) is 2.22. The normalized spacial score (nSPS) is 11.1. The van der Waals surface area contributed by atoms with Crippen LogP contribution in [0.1, 0.15) is 60.3 Å². The Balaban J connectivity index is 0. The molecule has 138 valence electrons. The number of carbonyl (C=O) groups excluding carboxylic acids is 1. The van der Waals surface area contributed by atoms with E-state index in [0.717, 1.165) is 44.5 Å². The highest BCUT2D eigenvalue weighted by molar-refractivity contribution is 14.0. The van der Waals surface area contributed by atoms with Crippen molar-refractivity contribution in [2.45, 2.75) is 60.3 Å². The topological polar surface area (TPSA) is 56.7 Å². The Hall–Kier alpha value is -0.530. The number of amides is 1. The van der Waals surface area contributed by atoms with E-state index in [1.807, 2.05) is 18.7 Å². The zero-order chi connectivity index (χ0) is 16.8. The molecule has 0 aliphatic carbocycles. The van der Waals surface area contributed by atoms with Crippen LogP contribution in [0.3, 0.4) is 0 Å². The van der Waals surface area contributed by atoms with E-state index < -0.39 is 0 Å². The van der Waals surface area contributed by atoms with Crippen molar-refractivity contribution < 1.29 is 4.79 Å². The molecule has 0 saturated heterocycles. The lowest BCUT2D eigenvalue weighted by atomic mass is 10.1. The number of nitrogens with zero attached hydrogens (tertiary/aromatic N) is 2. The predicted octanol–water partition coefficient (Wildman–Crippen LogP) is 3.24. The third-order valence-electron chi connectivity index (χ3n) is 3.55. The minimum atomic E-state index is 0. The molecule has 0 aliphatic rings. The van der Waals surface area contributed by atoms with Gasteiger partial charge in [-0.1, -0.05) is 26.7 Å². The maximum atomic E-state index is 11.9. The highest BCUT2D eigenvalue weighted by atomic mass is 127. The third kappa shape index (κ3) is 13.6. The van der Waals surface area contributed by atoms with Gasteiger partial charge in [0.05, 0.1) is 0 Å². The number of halogens is 1. The molecule has 0 aromatic carbocycles. The van der Waals surface area contributed by atoms with Gasteiger partial charge in [-0.05, 0) is 33.1 Å². The summed E-state index contributed by atoms with van der Waals surface area (Å²) in [5.74, 6) is 1.78. The Bertz CT molecular complexity index is 318. The van der Waals surface area contributed by atoms with Gasteiger partial charge in [-0.2, -0.15) is 0 Å². The third-order valence-corrected chi connectivity index (χ3v) is 3.55. The highest BCUT2D eigenvalue weighted by Gasteiger charge is 2.08. The summed E-state index contributed by atoms with van der Waals surface area (Å²) in [6.07, 6.45) is 4.12. The molecule has 0 saturated carbocycles. The monoisotopic (exact) mass is 440 g/mol. The number of hydrogen-bond acceptors (Lipinski definition) is 2. The van der Waals surface area contributed by atoms with E-state index in [0.29, 0.717) is 13.0 Å². The lowest BCUT2D eigenvalue weighted by Crippen LogP contribution is -2.40. The molecule has 6 heteroatoms. The van der Waals surface area contributed by atoms with Crippen molar-refractivity contribution in [2.24, 2.45) is 10.9 Å². The first-order chi connectivity index (χ1) is 10.5. The summed E-state index contributed by atoms with van der Waals surface area (Å²) in [4.78, 5) is 18.4. The molecule has 0 heterocycles. The van der Waals surface area contributed by atoms with Crippen molar-refractivity contribution in [1.82, 2.24) is 15.5 Å². The lowest BCUT2D eigenvalue weighted by molar-refractivity contribution is -0.130. The van der Waals surface area contributed by atoms with Gasteiger partial charge in [0.2, 0.25) is 5.91 Å². The van der Waals surface area contributed by atoms with Crippen molar-refractivity contribution in [1.29, 1.82) is 0 Å². The summed E-state index contributed by atoms with van der Waals surface area (Å²) in [7, 11) is 0. The zero-order valence-electron chi connectivity index (χ0n) is 15.7. The van der Waals surface area contributed by atoms with Crippen LogP contribution in [-0.4, -0.2) is 49.5 Å². The van der Waals surface area contributed by atoms with Crippen molar-refractivity contribution in [3.8, 4) is 0 Å². The second-order valence-corrected chi connectivity index (χ2v) is 5.89. The Morgan fingerprint density at radius 1 is 1.09 bits per heavy atom. The van der Waals surface area contributed by atoms with Crippen molar-refractivity contribution in [2.75, 3.05) is 32.7 Å². The van der Waals surface area contributed by atoms with E-state index in [-0.39, 0.29) is 29.9 Å². The average Bonchev–Trinajstić information content (AvgIpc) is 2.47. The highest BCUT2D eigenvalue weighted by Crippen LogP contribution is 2.05. The maximum Gasteiger partial charge on any atom is 0.224 e. The summed E-state index contributed by atoms with van der Waals surface area (Å²) in [5, 5.41) is 6.47. The molecule has 0 aromatic rings. The Morgan fingerprint density at radius 3 is 2.26 bits per heavy atom. The molecule has 0 aromatic heterocycles. The van der Waals surface area contributed by atoms with Gasteiger partial charge in [0.1, 0.15) is 0 Å². The van der Waals surface area contributed by atoms with E-state index >= 15 is 0 Å². The largest absolute Gasteiger partial charge is 0.357 e. The van der Waals surface area contributed by atoms with Crippen molar-refractivity contribution in [3.63, 3.8) is 0 Å². The molecular formula is C17H37IN4O. The molecule has 0 rings (SSSR count). The zero-order valence-corrected chi connectivity index (χ0v) is 18.0. The maximum absolute atomic E-state index is 11.9. The summed E-state index contributed by atoms with van der Waals surface area (Å²) in [5.41, 5.74) is 0. The van der Waals surface area contributed by atoms with E-state index in [9.17, 15) is 4.79 Å². The average molecular weight is 440 g/mol. The minimum Gasteiger partial charge on any atom is -0.357 e. The number of guanidine groups is 1. The van der Waals surface area contributed by atoms with Crippen LogP contribution >= 0.6 is 24.0 Å². The van der Waals surface area contributed by atoms with Crippen LogP contribution in [0.5, 0.6) is 0 Å². The Labute approximate surface area is 160 Å². The fourth-order valence-electron chi connectivity index (χ4n) is 2.22. The van der Waals surface area contributed by atoms with Gasteiger partial charge in [-0.25, -0.2) is 0 Å². The molecule has 1 amide bonds. The van der Waals surface area contributed by atoms with Crippen LogP contribution < -0.4 is 10.6 Å². The molecule has 0 bridgehead atoms. The SMILES string of the molecule is CCNC(=NCCCCC(C)C)NCCC(=O)N(CC)CC.I. The standard InChI is InChI=1S/C17H36N4O.HI/c1-6-18-17(19-13-10-9-11-15(4)5)20-14-12-16(22)21(7-2)8-3;/h15H,6-14H2,1-5H3,(H2,18,19,20);1H. The van der Waals surface area contributed by atoms with Gasteiger partial charge < -0.3 is 15.5 Å². The first-order valence-electron chi connectivity index (χ1n) is 8.84. The summed E-state index contributed by atoms with van der Waals surface area (Å²) in [6.45, 7) is 14.4. The number of rotatable bonds is 11. The molecule has 0 aliphatic heterocycles. The second kappa shape index (κ2) is 16.3. The molecule has 0 radical (unpaired) electrons. The molecule has 2 N–H and O–H groups in total. The second-order valence-electron chi connectivity index (χ2n) is 5.89. The van der Waals surface area contributed by atoms with Crippen LogP contribution in [0.4, 0.5) is 0 Å². The Kier molecular flexibility index (Phi) is 17.6. The summed E-state index contributed by atoms with van der Waals surface area (Å²) < 4.78 is 0. The minimum absolute atomic E-state index is 0. The van der Waals surface area contributed by atoms with Gasteiger partial charge in [0.15, 0.2) is 5.96 Å². The molecule has 0 unspecified atom stereocenters. The van der Waals surface area contributed by atoms with E-state index in [1.54, 1.807) is 0 Å². The van der Waals surface area contributed by atoms with Crippen molar-refractivity contribution >= 4 is 35.8 Å². The molecular weight excluding hydrogens is 403 g/mol. The van der Waals surface area contributed by atoms with E-state index in [4.69, 9.17) is 0 Å². The van der Waals surface area contributed by atoms with Crippen LogP contribution in [0.25, 0.3) is 0 Å². The van der Waals surface area contributed by atoms with Crippen LogP contribution in [0.15, 0.2) is 4.99 Å². The fraction of sp³-hybridized carbons (Fsp3) is 0.882.